The van der Waals surface area contributed by atoms with Crippen LogP contribution in [0.1, 0.15) is 12.5 Å². The molecule has 18 heavy (non-hydrogen) atoms. The minimum Gasteiger partial charge on any atom is -0.394 e. The van der Waals surface area contributed by atoms with Gasteiger partial charge in [0.05, 0.1) is 18.8 Å². The van der Waals surface area contributed by atoms with Crippen molar-refractivity contribution in [2.75, 3.05) is 37.0 Å². The van der Waals surface area contributed by atoms with Crippen molar-refractivity contribution >= 4 is 11.6 Å². The Bertz CT molecular complexity index is 413. The Balaban J connectivity index is 2.25. The Morgan fingerprint density at radius 3 is 2.94 bits per heavy atom. The molecule has 6 heteroatoms. The number of morpholine rings is 1. The number of rotatable bonds is 3. The Kier molecular flexibility index (Phi) is 3.98. The summed E-state index contributed by atoms with van der Waals surface area (Å²) in [6.45, 7) is 5.46. The lowest BCUT2D eigenvalue weighted by Gasteiger charge is -2.37. The number of nitrogens with one attached hydrogen (secondary N) is 1. The van der Waals surface area contributed by atoms with E-state index in [4.69, 9.17) is 4.74 Å². The second kappa shape index (κ2) is 5.49. The van der Waals surface area contributed by atoms with Crippen LogP contribution in [0.15, 0.2) is 6.33 Å². The van der Waals surface area contributed by atoms with Crippen molar-refractivity contribution in [1.29, 1.82) is 0 Å². The minimum absolute atomic E-state index is 0.0316. The van der Waals surface area contributed by atoms with Crippen molar-refractivity contribution in [3.8, 4) is 0 Å². The summed E-state index contributed by atoms with van der Waals surface area (Å²) in [5, 5.41) is 12.3. The van der Waals surface area contributed by atoms with E-state index in [1.807, 2.05) is 20.9 Å². The predicted octanol–water partition coefficient (Wildman–Crippen LogP) is 0.413. The zero-order chi connectivity index (χ0) is 13.1. The molecule has 2 unspecified atom stereocenters. The first-order valence-electron chi connectivity index (χ1n) is 6.16. The van der Waals surface area contributed by atoms with Gasteiger partial charge >= 0.3 is 0 Å². The van der Waals surface area contributed by atoms with E-state index in [0.717, 1.165) is 23.7 Å². The van der Waals surface area contributed by atoms with E-state index >= 15 is 0 Å². The average Bonchev–Trinajstić information content (AvgIpc) is 2.38. The molecule has 2 rings (SSSR count). The zero-order valence-electron chi connectivity index (χ0n) is 11.1. The van der Waals surface area contributed by atoms with Crippen LogP contribution in [0.5, 0.6) is 0 Å². The normalized spacial score (nSPS) is 24.1. The molecule has 2 heterocycles. The SMILES string of the molecule is CNc1ncnc(N2CC(C)OC(CO)C2)c1C. The first-order valence-corrected chi connectivity index (χ1v) is 6.16. The number of aliphatic hydroxyl groups is 1. The van der Waals surface area contributed by atoms with Crippen LogP contribution < -0.4 is 10.2 Å². The second-order valence-corrected chi connectivity index (χ2v) is 4.58. The van der Waals surface area contributed by atoms with Gasteiger partial charge in [-0.3, -0.25) is 0 Å². The Morgan fingerprint density at radius 2 is 2.28 bits per heavy atom. The van der Waals surface area contributed by atoms with Gasteiger partial charge in [-0.2, -0.15) is 0 Å². The highest BCUT2D eigenvalue weighted by atomic mass is 16.5. The van der Waals surface area contributed by atoms with E-state index in [2.05, 4.69) is 20.2 Å². The van der Waals surface area contributed by atoms with Crippen molar-refractivity contribution < 1.29 is 9.84 Å². The standard InChI is InChI=1S/C12H20N4O2/c1-8-4-16(5-10(6-17)18-8)12-9(2)11(13-3)14-7-15-12/h7-8,10,17H,4-6H2,1-3H3,(H,13,14,15). The van der Waals surface area contributed by atoms with Crippen LogP contribution in [0.4, 0.5) is 11.6 Å². The third kappa shape index (κ3) is 2.54. The molecule has 6 nitrogen and oxygen atoms in total. The summed E-state index contributed by atoms with van der Waals surface area (Å²) in [4.78, 5) is 10.7. The molecule has 1 aliphatic heterocycles. The van der Waals surface area contributed by atoms with Gasteiger partial charge in [0.25, 0.3) is 0 Å². The first-order chi connectivity index (χ1) is 8.65. The van der Waals surface area contributed by atoms with Crippen LogP contribution in [0.2, 0.25) is 0 Å². The lowest BCUT2D eigenvalue weighted by molar-refractivity contribution is -0.0423. The molecular formula is C12H20N4O2. The van der Waals surface area contributed by atoms with Crippen LogP contribution in [0.25, 0.3) is 0 Å². The van der Waals surface area contributed by atoms with Gasteiger partial charge < -0.3 is 20.1 Å². The molecule has 0 aromatic carbocycles. The van der Waals surface area contributed by atoms with Gasteiger partial charge in [-0.25, -0.2) is 9.97 Å². The van der Waals surface area contributed by atoms with Crippen LogP contribution >= 0.6 is 0 Å². The lowest BCUT2D eigenvalue weighted by atomic mass is 10.2. The van der Waals surface area contributed by atoms with Crippen LogP contribution in [0.3, 0.4) is 0 Å². The largest absolute Gasteiger partial charge is 0.394 e. The van der Waals surface area contributed by atoms with Crippen molar-refractivity contribution in [1.82, 2.24) is 9.97 Å². The molecule has 0 amide bonds. The quantitative estimate of drug-likeness (QED) is 0.812. The molecule has 0 saturated carbocycles. The monoisotopic (exact) mass is 252 g/mol. The van der Waals surface area contributed by atoms with Gasteiger partial charge in [0.2, 0.25) is 0 Å². The van der Waals surface area contributed by atoms with Gasteiger partial charge in [0.1, 0.15) is 18.0 Å². The maximum absolute atomic E-state index is 9.25. The molecule has 1 fully saturated rings. The second-order valence-electron chi connectivity index (χ2n) is 4.58. The highest BCUT2D eigenvalue weighted by Gasteiger charge is 2.26. The van der Waals surface area contributed by atoms with E-state index in [0.29, 0.717) is 6.54 Å². The summed E-state index contributed by atoms with van der Waals surface area (Å²) < 4.78 is 5.63. The van der Waals surface area contributed by atoms with Gasteiger partial charge in [-0.05, 0) is 13.8 Å². The summed E-state index contributed by atoms with van der Waals surface area (Å²) in [6.07, 6.45) is 1.49. The minimum atomic E-state index is -0.152. The number of ether oxygens (including phenoxy) is 1. The third-order valence-corrected chi connectivity index (χ3v) is 3.12. The van der Waals surface area contributed by atoms with E-state index in [1.54, 1.807) is 6.33 Å². The molecule has 2 atom stereocenters. The first kappa shape index (κ1) is 13.0. The molecule has 0 aliphatic carbocycles. The maximum atomic E-state index is 9.25. The van der Waals surface area contributed by atoms with Gasteiger partial charge in [0.15, 0.2) is 0 Å². The van der Waals surface area contributed by atoms with Gasteiger partial charge in [0, 0.05) is 25.7 Å². The number of anilines is 2. The van der Waals surface area contributed by atoms with Crippen molar-refractivity contribution in [3.63, 3.8) is 0 Å². The van der Waals surface area contributed by atoms with Crippen molar-refractivity contribution in [2.24, 2.45) is 0 Å². The number of nitrogens with zero attached hydrogens (tertiary/aromatic N) is 3. The number of aliphatic hydroxyl groups excluding tert-OH is 1. The summed E-state index contributed by atoms with van der Waals surface area (Å²) in [6, 6.07) is 0. The number of hydrogen-bond donors (Lipinski definition) is 2. The third-order valence-electron chi connectivity index (χ3n) is 3.12. The van der Waals surface area contributed by atoms with E-state index in [9.17, 15) is 5.11 Å². The molecule has 1 aromatic rings. The summed E-state index contributed by atoms with van der Waals surface area (Å²) in [7, 11) is 1.84. The van der Waals surface area contributed by atoms with E-state index < -0.39 is 0 Å². The molecule has 100 valence electrons. The smallest absolute Gasteiger partial charge is 0.137 e. The molecule has 0 radical (unpaired) electrons. The lowest BCUT2D eigenvalue weighted by Crippen LogP contribution is -2.48. The van der Waals surface area contributed by atoms with E-state index in [1.165, 1.54) is 0 Å². The van der Waals surface area contributed by atoms with Crippen molar-refractivity contribution in [2.45, 2.75) is 26.1 Å². The van der Waals surface area contributed by atoms with Gasteiger partial charge in [-0.15, -0.1) is 0 Å². The highest BCUT2D eigenvalue weighted by Crippen LogP contribution is 2.24. The Morgan fingerprint density at radius 1 is 1.50 bits per heavy atom. The predicted molar refractivity (Wildman–Crippen MR) is 69.9 cm³/mol. The molecule has 1 aromatic heterocycles. The van der Waals surface area contributed by atoms with E-state index in [-0.39, 0.29) is 18.8 Å². The van der Waals surface area contributed by atoms with Crippen LogP contribution in [-0.2, 0) is 4.74 Å². The summed E-state index contributed by atoms with van der Waals surface area (Å²) in [5.41, 5.74) is 1.02. The van der Waals surface area contributed by atoms with Gasteiger partial charge in [-0.1, -0.05) is 0 Å². The van der Waals surface area contributed by atoms with Crippen molar-refractivity contribution in [3.05, 3.63) is 11.9 Å². The molecule has 0 spiro atoms. The highest BCUT2D eigenvalue weighted by molar-refractivity contribution is 5.57. The molecule has 1 aliphatic rings. The topological polar surface area (TPSA) is 70.5 Å². The fraction of sp³-hybridized carbons (Fsp3) is 0.667. The molecular weight excluding hydrogens is 232 g/mol. The fourth-order valence-corrected chi connectivity index (χ4v) is 2.33. The summed E-state index contributed by atoms with van der Waals surface area (Å²) in [5.74, 6) is 1.74. The number of aromatic nitrogens is 2. The zero-order valence-corrected chi connectivity index (χ0v) is 11.1. The summed E-state index contributed by atoms with van der Waals surface area (Å²) >= 11 is 0. The number of hydrogen-bond acceptors (Lipinski definition) is 6. The fourth-order valence-electron chi connectivity index (χ4n) is 2.33. The van der Waals surface area contributed by atoms with Crippen LogP contribution in [-0.4, -0.2) is 54.0 Å². The average molecular weight is 252 g/mol. The maximum Gasteiger partial charge on any atom is 0.137 e. The Labute approximate surface area is 107 Å². The Hall–Kier alpha value is -1.40. The van der Waals surface area contributed by atoms with Crippen LogP contribution in [0, 0.1) is 6.92 Å². The molecule has 0 bridgehead atoms. The molecule has 1 saturated heterocycles. The molecule has 2 N–H and O–H groups in total.